The van der Waals surface area contributed by atoms with Crippen LogP contribution in [-0.2, 0) is 30.2 Å². The molecule has 0 heterocycles. The maximum Gasteiger partial charge on any atom is 0.152 e. The minimum absolute atomic E-state index is 0.0711. The van der Waals surface area contributed by atoms with Gasteiger partial charge in [0, 0.05) is 53.0 Å². The van der Waals surface area contributed by atoms with Crippen molar-refractivity contribution in [3.05, 3.63) is 29.8 Å². The molecule has 0 spiro atoms. The highest BCUT2D eigenvalue weighted by atomic mass is 16.5. The summed E-state index contributed by atoms with van der Waals surface area (Å²) in [5.41, 5.74) is 1.13. The van der Waals surface area contributed by atoms with E-state index in [0.717, 1.165) is 63.4 Å². The molecule has 0 amide bonds. The van der Waals surface area contributed by atoms with Gasteiger partial charge in [0.05, 0.1) is 32.5 Å². The van der Waals surface area contributed by atoms with Gasteiger partial charge in [-0.1, -0.05) is 26.0 Å². The van der Waals surface area contributed by atoms with Gasteiger partial charge in [-0.2, -0.15) is 0 Å². The molecule has 0 aliphatic heterocycles. The number of nitrogens with zero attached hydrogens (tertiary/aromatic N) is 1. The van der Waals surface area contributed by atoms with E-state index in [0.29, 0.717) is 39.5 Å². The monoisotopic (exact) mass is 510 g/mol. The molecule has 208 valence electrons. The van der Waals surface area contributed by atoms with E-state index in [9.17, 15) is 4.79 Å². The van der Waals surface area contributed by atoms with Crippen LogP contribution < -0.4 is 10.1 Å². The van der Waals surface area contributed by atoms with Crippen molar-refractivity contribution in [1.82, 2.24) is 10.2 Å². The van der Waals surface area contributed by atoms with Gasteiger partial charge < -0.3 is 29.0 Å². The molecule has 1 N–H and O–H groups in total. The maximum absolute atomic E-state index is 12.5. The van der Waals surface area contributed by atoms with Gasteiger partial charge in [-0.25, -0.2) is 0 Å². The van der Waals surface area contributed by atoms with E-state index in [1.807, 2.05) is 26.1 Å². The molecule has 0 aliphatic rings. The van der Waals surface area contributed by atoms with Crippen LogP contribution in [0.1, 0.15) is 38.7 Å². The Balaban J connectivity index is 2.46. The number of Topliss-reactive ketones (excluding diaryl/α,β-unsaturated/α-hetero) is 1. The lowest BCUT2D eigenvalue weighted by atomic mass is 9.93. The summed E-state index contributed by atoms with van der Waals surface area (Å²) in [6.07, 6.45) is 3.48. The minimum atomic E-state index is -0.155. The van der Waals surface area contributed by atoms with Gasteiger partial charge in [0.25, 0.3) is 0 Å². The zero-order valence-electron chi connectivity index (χ0n) is 23.3. The van der Waals surface area contributed by atoms with Gasteiger partial charge in [-0.05, 0) is 50.4 Å². The molecular weight excluding hydrogens is 460 g/mol. The Bertz CT molecular complexity index is 642. The highest BCUT2D eigenvalue weighted by Gasteiger charge is 2.21. The largest absolute Gasteiger partial charge is 0.492 e. The number of methoxy groups -OCH3 is 2. The number of carbonyl (C=O) groups excluding carboxylic acids is 1. The number of hydrogen-bond donors (Lipinski definition) is 1. The van der Waals surface area contributed by atoms with E-state index in [2.05, 4.69) is 29.3 Å². The number of ether oxygens (including phenoxy) is 5. The second kappa shape index (κ2) is 21.5. The number of hydrogen-bond acceptors (Lipinski definition) is 8. The Morgan fingerprint density at radius 1 is 0.861 bits per heavy atom. The maximum atomic E-state index is 12.5. The summed E-state index contributed by atoms with van der Waals surface area (Å²) in [6.45, 7) is 11.3. The molecule has 0 bridgehead atoms. The molecule has 1 unspecified atom stereocenters. The molecular formula is C28H50N2O6. The van der Waals surface area contributed by atoms with E-state index < -0.39 is 0 Å². The Hall–Kier alpha value is -1.55. The molecule has 8 nitrogen and oxygen atoms in total. The topological polar surface area (TPSA) is 78.5 Å². The Labute approximate surface area is 218 Å². The third-order valence-corrected chi connectivity index (χ3v) is 6.22. The third-order valence-electron chi connectivity index (χ3n) is 6.22. The first-order valence-electron chi connectivity index (χ1n) is 13.3. The molecule has 0 aliphatic carbocycles. The summed E-state index contributed by atoms with van der Waals surface area (Å²) in [6, 6.07) is 7.93. The first kappa shape index (κ1) is 32.5. The first-order valence-corrected chi connectivity index (χ1v) is 13.3. The van der Waals surface area contributed by atoms with Crippen molar-refractivity contribution < 1.29 is 28.5 Å². The lowest BCUT2D eigenvalue weighted by molar-refractivity contribution is -0.124. The molecule has 0 saturated heterocycles. The van der Waals surface area contributed by atoms with Crippen LogP contribution in [0.4, 0.5) is 0 Å². The van der Waals surface area contributed by atoms with Gasteiger partial charge in [0.15, 0.2) is 5.78 Å². The van der Waals surface area contributed by atoms with E-state index in [-0.39, 0.29) is 17.7 Å². The van der Waals surface area contributed by atoms with Crippen LogP contribution in [0.2, 0.25) is 0 Å². The molecule has 2 atom stereocenters. The second-order valence-corrected chi connectivity index (χ2v) is 9.01. The van der Waals surface area contributed by atoms with Gasteiger partial charge >= 0.3 is 0 Å². The molecule has 0 radical (unpaired) electrons. The van der Waals surface area contributed by atoms with Gasteiger partial charge in [0.2, 0.25) is 0 Å². The fourth-order valence-corrected chi connectivity index (χ4v) is 3.74. The Morgan fingerprint density at radius 3 is 1.94 bits per heavy atom. The van der Waals surface area contributed by atoms with E-state index in [1.54, 1.807) is 14.2 Å². The van der Waals surface area contributed by atoms with Crippen molar-refractivity contribution in [1.29, 1.82) is 0 Å². The van der Waals surface area contributed by atoms with Crippen molar-refractivity contribution >= 4 is 5.78 Å². The lowest BCUT2D eigenvalue weighted by Gasteiger charge is -2.22. The average Bonchev–Trinajstić information content (AvgIpc) is 2.90. The Morgan fingerprint density at radius 2 is 1.44 bits per heavy atom. The van der Waals surface area contributed by atoms with Gasteiger partial charge in [-0.3, -0.25) is 9.69 Å². The van der Waals surface area contributed by atoms with Crippen LogP contribution in [0.3, 0.4) is 0 Å². The minimum Gasteiger partial charge on any atom is -0.492 e. The van der Waals surface area contributed by atoms with Gasteiger partial charge in [0.1, 0.15) is 12.4 Å². The zero-order chi connectivity index (χ0) is 26.4. The zero-order valence-corrected chi connectivity index (χ0v) is 23.3. The highest BCUT2D eigenvalue weighted by molar-refractivity contribution is 5.86. The normalized spacial score (nSPS) is 13.2. The molecule has 0 aromatic heterocycles. The smallest absolute Gasteiger partial charge is 0.152 e. The predicted octanol–water partition coefficient (Wildman–Crippen LogP) is 3.22. The fourth-order valence-electron chi connectivity index (χ4n) is 3.74. The number of benzene rings is 1. The summed E-state index contributed by atoms with van der Waals surface area (Å²) in [5, 5.41) is 3.17. The second-order valence-electron chi connectivity index (χ2n) is 9.01. The fraction of sp³-hybridized carbons (Fsp3) is 0.750. The lowest BCUT2D eigenvalue weighted by Crippen LogP contribution is -2.39. The molecule has 1 rings (SSSR count). The average molecular weight is 511 g/mol. The van der Waals surface area contributed by atoms with E-state index in [4.69, 9.17) is 23.7 Å². The molecule has 0 saturated carbocycles. The van der Waals surface area contributed by atoms with Crippen molar-refractivity contribution in [2.24, 2.45) is 5.92 Å². The molecule has 1 aromatic carbocycles. The van der Waals surface area contributed by atoms with Gasteiger partial charge in [-0.15, -0.1) is 0 Å². The van der Waals surface area contributed by atoms with Crippen LogP contribution >= 0.6 is 0 Å². The van der Waals surface area contributed by atoms with Crippen LogP contribution in [-0.4, -0.2) is 104 Å². The van der Waals surface area contributed by atoms with E-state index >= 15 is 0 Å². The summed E-state index contributed by atoms with van der Waals surface area (Å²) < 4.78 is 27.3. The number of rotatable bonds is 24. The number of ketones is 1. The summed E-state index contributed by atoms with van der Waals surface area (Å²) >= 11 is 0. The number of nitrogens with one attached hydrogen (secondary N) is 1. The predicted molar refractivity (Wildman–Crippen MR) is 144 cm³/mol. The van der Waals surface area contributed by atoms with Crippen LogP contribution in [0, 0.1) is 5.92 Å². The molecule has 8 heteroatoms. The Kier molecular flexibility index (Phi) is 19.4. The van der Waals surface area contributed by atoms with Crippen LogP contribution in [0.25, 0.3) is 0 Å². The number of carbonyl (C=O) groups is 1. The van der Waals surface area contributed by atoms with Crippen molar-refractivity contribution in [3.8, 4) is 5.75 Å². The van der Waals surface area contributed by atoms with Crippen molar-refractivity contribution in [2.75, 3.05) is 87.1 Å². The first-order chi connectivity index (χ1) is 17.5. The van der Waals surface area contributed by atoms with E-state index in [1.165, 1.54) is 0 Å². The summed E-state index contributed by atoms with van der Waals surface area (Å²) in [7, 11) is 5.22. The van der Waals surface area contributed by atoms with Crippen LogP contribution in [0.15, 0.2) is 24.3 Å². The summed E-state index contributed by atoms with van der Waals surface area (Å²) in [4.78, 5) is 14.9. The van der Waals surface area contributed by atoms with Crippen molar-refractivity contribution in [2.45, 2.75) is 45.6 Å². The van der Waals surface area contributed by atoms with Crippen LogP contribution in [0.5, 0.6) is 5.75 Å². The van der Waals surface area contributed by atoms with Crippen molar-refractivity contribution in [3.63, 3.8) is 0 Å². The standard InChI is InChI=1S/C28H50N2O6/c1-6-24(2)28(31)27(29-3)23-25-9-11-26(12-10-25)36-18-15-30(13-7-16-34-21-19-32-4)14-8-17-35-22-20-33-5/h9-12,24,27,29H,6-8,13-23H2,1-5H3/t24?,27-/m0/s1. The third kappa shape index (κ3) is 14.9. The number of likely N-dealkylation sites (N-methyl/N-ethyl adjacent to an activating group) is 1. The SMILES string of the molecule is CCC(C)C(=O)[C@H](Cc1ccc(OCCN(CCCOCCOC)CCCOCCOC)cc1)NC. The molecule has 1 aromatic rings. The summed E-state index contributed by atoms with van der Waals surface area (Å²) in [5.74, 6) is 1.19. The molecule has 0 fully saturated rings. The quantitative estimate of drug-likeness (QED) is 0.213. The highest BCUT2D eigenvalue weighted by Crippen LogP contribution is 2.15. The molecule has 36 heavy (non-hydrogen) atoms.